The van der Waals surface area contributed by atoms with Crippen molar-refractivity contribution in [3.05, 3.63) is 64.1 Å². The Morgan fingerprint density at radius 3 is 2.24 bits per heavy atom. The van der Waals surface area contributed by atoms with E-state index in [1.807, 2.05) is 17.0 Å². The number of ether oxygens (including phenoxy) is 1. The Morgan fingerprint density at radius 2 is 1.64 bits per heavy atom. The molecule has 0 saturated heterocycles. The van der Waals surface area contributed by atoms with Crippen LogP contribution in [0.3, 0.4) is 0 Å². The van der Waals surface area contributed by atoms with Crippen molar-refractivity contribution in [2.45, 2.75) is 32.0 Å². The van der Waals surface area contributed by atoms with Crippen LogP contribution in [-0.2, 0) is 22.3 Å². The number of amides is 2. The van der Waals surface area contributed by atoms with Crippen LogP contribution in [0.1, 0.15) is 30.4 Å². The third kappa shape index (κ3) is 10.3. The van der Waals surface area contributed by atoms with Gasteiger partial charge in [-0.2, -0.15) is 13.2 Å². The third-order valence-corrected chi connectivity index (χ3v) is 5.34. The van der Waals surface area contributed by atoms with Crippen molar-refractivity contribution in [2.24, 2.45) is 0 Å². The Hall–Kier alpha value is -2.59. The molecule has 0 aliphatic rings. The Labute approximate surface area is 199 Å². The maximum absolute atomic E-state index is 12.8. The number of methoxy groups -OCH3 is 1. The monoisotopic (exact) mass is 529 g/mol. The second kappa shape index (κ2) is 13.2. The summed E-state index contributed by atoms with van der Waals surface area (Å²) >= 11 is 3.33. The molecule has 0 fully saturated rings. The normalized spacial score (nSPS) is 11.3. The molecule has 0 unspecified atom stereocenters. The van der Waals surface area contributed by atoms with Gasteiger partial charge in [-0.15, -0.1) is 0 Å². The van der Waals surface area contributed by atoms with Gasteiger partial charge in [-0.1, -0.05) is 28.1 Å². The number of hydrogen-bond acceptors (Lipinski definition) is 4. The number of nitrogens with one attached hydrogen (secondary N) is 2. The molecule has 10 heteroatoms. The fraction of sp³-hybridized carbons (Fsp3) is 0.391. The predicted molar refractivity (Wildman–Crippen MR) is 124 cm³/mol. The zero-order chi connectivity index (χ0) is 24.3. The molecule has 0 spiro atoms. The van der Waals surface area contributed by atoms with E-state index >= 15 is 0 Å². The highest BCUT2D eigenvalue weighted by Gasteiger charge is 2.29. The van der Waals surface area contributed by atoms with Crippen molar-refractivity contribution < 1.29 is 27.5 Å². The van der Waals surface area contributed by atoms with E-state index < -0.39 is 11.7 Å². The number of esters is 1. The standard InChI is InChI=1S/C23H27BrF3N3O3/c1-33-21(31)4-2-14-30(16-17-5-7-18(8-6-17)23(25,26)27)15-3-13-28-22(32)29-20-11-9-19(24)10-12-20/h5-12H,2-4,13-16H2,1H3,(H2,28,29,32). The molecule has 6 nitrogen and oxygen atoms in total. The fourth-order valence-corrected chi connectivity index (χ4v) is 3.35. The van der Waals surface area contributed by atoms with Crippen LogP contribution in [0.5, 0.6) is 0 Å². The fourth-order valence-electron chi connectivity index (χ4n) is 3.09. The summed E-state index contributed by atoms with van der Waals surface area (Å²) in [4.78, 5) is 25.5. The van der Waals surface area contributed by atoms with E-state index in [4.69, 9.17) is 0 Å². The Bertz CT molecular complexity index is 891. The molecule has 0 heterocycles. The van der Waals surface area contributed by atoms with Gasteiger partial charge in [0.25, 0.3) is 0 Å². The van der Waals surface area contributed by atoms with Crippen LogP contribution in [0, 0.1) is 0 Å². The number of carbonyl (C=O) groups excluding carboxylic acids is 2. The first-order valence-corrected chi connectivity index (χ1v) is 11.2. The van der Waals surface area contributed by atoms with Gasteiger partial charge in [-0.3, -0.25) is 9.69 Å². The molecule has 33 heavy (non-hydrogen) atoms. The molecule has 0 saturated carbocycles. The average molecular weight is 530 g/mol. The summed E-state index contributed by atoms with van der Waals surface area (Å²) in [7, 11) is 1.33. The highest BCUT2D eigenvalue weighted by Crippen LogP contribution is 2.29. The molecule has 0 atom stereocenters. The lowest BCUT2D eigenvalue weighted by Gasteiger charge is -2.22. The summed E-state index contributed by atoms with van der Waals surface area (Å²) in [5.41, 5.74) is 0.717. The lowest BCUT2D eigenvalue weighted by Crippen LogP contribution is -2.33. The summed E-state index contributed by atoms with van der Waals surface area (Å²) in [6.07, 6.45) is -2.92. The lowest BCUT2D eigenvalue weighted by atomic mass is 10.1. The minimum atomic E-state index is -4.37. The highest BCUT2D eigenvalue weighted by atomic mass is 79.9. The molecular weight excluding hydrogens is 503 g/mol. The van der Waals surface area contributed by atoms with E-state index in [1.54, 1.807) is 12.1 Å². The van der Waals surface area contributed by atoms with Gasteiger partial charge < -0.3 is 15.4 Å². The maximum atomic E-state index is 12.8. The van der Waals surface area contributed by atoms with Crippen molar-refractivity contribution in [1.29, 1.82) is 0 Å². The number of alkyl halides is 3. The van der Waals surface area contributed by atoms with E-state index in [1.165, 1.54) is 19.2 Å². The summed E-state index contributed by atoms with van der Waals surface area (Å²) in [5, 5.41) is 5.52. The van der Waals surface area contributed by atoms with Gasteiger partial charge >= 0.3 is 18.2 Å². The van der Waals surface area contributed by atoms with Crippen LogP contribution < -0.4 is 10.6 Å². The van der Waals surface area contributed by atoms with Crippen LogP contribution in [0.2, 0.25) is 0 Å². The van der Waals surface area contributed by atoms with E-state index in [2.05, 4.69) is 31.3 Å². The van der Waals surface area contributed by atoms with Gasteiger partial charge in [0.05, 0.1) is 12.7 Å². The van der Waals surface area contributed by atoms with Crippen molar-refractivity contribution in [3.63, 3.8) is 0 Å². The number of benzene rings is 2. The van der Waals surface area contributed by atoms with Crippen molar-refractivity contribution >= 4 is 33.6 Å². The number of urea groups is 1. The van der Waals surface area contributed by atoms with Crippen LogP contribution in [-0.4, -0.2) is 43.6 Å². The number of halogens is 4. The molecule has 2 N–H and O–H groups in total. The first kappa shape index (κ1) is 26.7. The number of carbonyl (C=O) groups is 2. The molecule has 0 aromatic heterocycles. The average Bonchev–Trinajstić information content (AvgIpc) is 2.77. The minimum absolute atomic E-state index is 0.258. The molecular formula is C23H27BrF3N3O3. The molecule has 180 valence electrons. The summed E-state index contributed by atoms with van der Waals surface area (Å²) in [6, 6.07) is 11.9. The number of hydrogen-bond donors (Lipinski definition) is 2. The SMILES string of the molecule is COC(=O)CCCN(CCCNC(=O)Nc1ccc(Br)cc1)Cc1ccc(C(F)(F)F)cc1. The summed E-state index contributed by atoms with van der Waals surface area (Å²) in [5.74, 6) is -0.309. The van der Waals surface area contributed by atoms with Gasteiger partial charge in [-0.05, 0) is 61.3 Å². The zero-order valence-corrected chi connectivity index (χ0v) is 19.8. The summed E-state index contributed by atoms with van der Waals surface area (Å²) < 4.78 is 43.9. The van der Waals surface area contributed by atoms with E-state index in [9.17, 15) is 22.8 Å². The van der Waals surface area contributed by atoms with Crippen molar-refractivity contribution in [1.82, 2.24) is 10.2 Å². The quantitative estimate of drug-likeness (QED) is 0.300. The van der Waals surface area contributed by atoms with Gasteiger partial charge in [0, 0.05) is 36.2 Å². The van der Waals surface area contributed by atoms with Crippen LogP contribution in [0.25, 0.3) is 0 Å². The first-order valence-electron chi connectivity index (χ1n) is 10.4. The minimum Gasteiger partial charge on any atom is -0.469 e. The maximum Gasteiger partial charge on any atom is 0.416 e. The highest BCUT2D eigenvalue weighted by molar-refractivity contribution is 9.10. The molecule has 0 aliphatic heterocycles. The summed E-state index contributed by atoms with van der Waals surface area (Å²) in [6.45, 7) is 2.02. The van der Waals surface area contributed by atoms with Gasteiger partial charge in [0.1, 0.15) is 0 Å². The smallest absolute Gasteiger partial charge is 0.416 e. The van der Waals surface area contributed by atoms with Crippen molar-refractivity contribution in [2.75, 3.05) is 32.1 Å². The van der Waals surface area contributed by atoms with Gasteiger partial charge in [0.15, 0.2) is 0 Å². The number of anilines is 1. The molecule has 2 aromatic rings. The lowest BCUT2D eigenvalue weighted by molar-refractivity contribution is -0.141. The van der Waals surface area contributed by atoms with Crippen LogP contribution >= 0.6 is 15.9 Å². The third-order valence-electron chi connectivity index (χ3n) is 4.81. The van der Waals surface area contributed by atoms with Crippen LogP contribution in [0.15, 0.2) is 53.0 Å². The number of nitrogens with zero attached hydrogens (tertiary/aromatic N) is 1. The Kier molecular flexibility index (Phi) is 10.7. The Morgan fingerprint density at radius 1 is 1.00 bits per heavy atom. The van der Waals surface area contributed by atoms with Crippen LogP contribution in [0.4, 0.5) is 23.7 Å². The predicted octanol–water partition coefficient (Wildman–Crippen LogP) is 5.43. The molecule has 0 bridgehead atoms. The second-order valence-corrected chi connectivity index (χ2v) is 8.31. The molecule has 0 aliphatic carbocycles. The molecule has 0 radical (unpaired) electrons. The molecule has 2 rings (SSSR count). The Balaban J connectivity index is 1.84. The number of rotatable bonds is 11. The van der Waals surface area contributed by atoms with E-state index in [0.717, 1.165) is 22.2 Å². The topological polar surface area (TPSA) is 70.7 Å². The largest absolute Gasteiger partial charge is 0.469 e. The first-order chi connectivity index (χ1) is 15.7. The van der Waals surface area contributed by atoms with Gasteiger partial charge in [-0.25, -0.2) is 4.79 Å². The molecule has 2 amide bonds. The van der Waals surface area contributed by atoms with Crippen molar-refractivity contribution in [3.8, 4) is 0 Å². The zero-order valence-electron chi connectivity index (χ0n) is 18.3. The molecule has 2 aromatic carbocycles. The van der Waals surface area contributed by atoms with E-state index in [0.29, 0.717) is 44.7 Å². The second-order valence-electron chi connectivity index (χ2n) is 7.39. The van der Waals surface area contributed by atoms with Gasteiger partial charge in [0.2, 0.25) is 0 Å². The van der Waals surface area contributed by atoms with E-state index in [-0.39, 0.29) is 18.4 Å².